The molecule has 0 bridgehead atoms. The van der Waals surface area contributed by atoms with Crippen LogP contribution in [0.25, 0.3) is 10.9 Å². The third-order valence-corrected chi connectivity index (χ3v) is 6.69. The highest BCUT2D eigenvalue weighted by Gasteiger charge is 2.23. The fourth-order valence-electron chi connectivity index (χ4n) is 4.38. The Hall–Kier alpha value is -3.21. The van der Waals surface area contributed by atoms with Gasteiger partial charge in [0.05, 0.1) is 35.9 Å². The van der Waals surface area contributed by atoms with E-state index in [0.717, 1.165) is 19.3 Å². The van der Waals surface area contributed by atoms with Crippen molar-refractivity contribution in [3.63, 3.8) is 0 Å². The monoisotopic (exact) mass is 588 g/mol. The molecule has 9 nitrogen and oxygen atoms in total. The van der Waals surface area contributed by atoms with E-state index in [1.807, 2.05) is 37.8 Å². The van der Waals surface area contributed by atoms with E-state index in [4.69, 9.17) is 25.8 Å². The number of nitrogens with one attached hydrogen (secondary N) is 1. The molecule has 2 N–H and O–H groups in total. The first-order chi connectivity index (χ1) is 19.5. The molecule has 0 saturated heterocycles. The van der Waals surface area contributed by atoms with Gasteiger partial charge in [0.15, 0.2) is 11.5 Å². The van der Waals surface area contributed by atoms with Crippen LogP contribution in [0.5, 0.6) is 11.5 Å². The first-order valence-corrected chi connectivity index (χ1v) is 14.3. The van der Waals surface area contributed by atoms with Gasteiger partial charge in [0.25, 0.3) is 0 Å². The third-order valence-electron chi connectivity index (χ3n) is 6.40. The van der Waals surface area contributed by atoms with E-state index >= 15 is 0 Å². The smallest absolute Gasteiger partial charge is 0.320 e. The number of aromatic nitrogens is 2. The van der Waals surface area contributed by atoms with Crippen molar-refractivity contribution in [1.82, 2.24) is 14.9 Å². The highest BCUT2D eigenvalue weighted by atomic mass is 35.5. The first kappa shape index (κ1) is 30.7. The van der Waals surface area contributed by atoms with Gasteiger partial charge in [-0.2, -0.15) is 0 Å². The van der Waals surface area contributed by atoms with Crippen molar-refractivity contribution in [2.45, 2.75) is 71.2 Å². The molecule has 1 atom stereocenters. The van der Waals surface area contributed by atoms with Crippen LogP contribution >= 0.6 is 11.6 Å². The van der Waals surface area contributed by atoms with Crippen LogP contribution in [0.15, 0.2) is 36.7 Å². The zero-order valence-electron chi connectivity index (χ0n) is 24.0. The lowest BCUT2D eigenvalue weighted by Gasteiger charge is -2.28. The van der Waals surface area contributed by atoms with Gasteiger partial charge in [0, 0.05) is 30.2 Å². The molecule has 0 spiro atoms. The average Bonchev–Trinajstić information content (AvgIpc) is 2.85. The lowest BCUT2D eigenvalue weighted by atomic mass is 9.96. The Balaban J connectivity index is 1.49. The van der Waals surface area contributed by atoms with E-state index in [1.54, 1.807) is 13.0 Å². The third kappa shape index (κ3) is 9.14. The minimum absolute atomic E-state index is 0.00451. The summed E-state index contributed by atoms with van der Waals surface area (Å²) in [4.78, 5) is 23.0. The molecule has 222 valence electrons. The molecule has 1 aliphatic rings. The molecule has 3 aromatic rings. The Morgan fingerprint density at radius 2 is 2.00 bits per heavy atom. The number of benzene rings is 2. The Bertz CT molecular complexity index is 1350. The standard InChI is InChI=1S/C30H38ClFN4O5/c1-19(37)16-36(17-28(38)41-30(2,3)4)11-6-12-39-26-14-22-25(15-27(26)40-21-7-5-8-21)33-18-34-29(22)35-20-9-10-24(32)23(31)13-20/h9-10,13-15,18-19,21,37H,5-8,11-12,16-17H2,1-4H3,(H,33,34,35)/t19-/m1/s1. The Kier molecular flexibility index (Phi) is 10.2. The van der Waals surface area contributed by atoms with Gasteiger partial charge >= 0.3 is 5.97 Å². The quantitative estimate of drug-likeness (QED) is 0.187. The predicted octanol–water partition coefficient (Wildman–Crippen LogP) is 5.89. The number of anilines is 2. The maximum atomic E-state index is 13.7. The molecule has 41 heavy (non-hydrogen) atoms. The molecule has 1 aliphatic carbocycles. The number of aliphatic hydroxyl groups is 1. The van der Waals surface area contributed by atoms with E-state index in [2.05, 4.69) is 15.3 Å². The van der Waals surface area contributed by atoms with Crippen LogP contribution in [-0.2, 0) is 9.53 Å². The van der Waals surface area contributed by atoms with Crippen molar-refractivity contribution in [2.24, 2.45) is 0 Å². The predicted molar refractivity (Wildman–Crippen MR) is 157 cm³/mol. The van der Waals surface area contributed by atoms with Crippen molar-refractivity contribution in [1.29, 1.82) is 0 Å². The molecule has 4 rings (SSSR count). The zero-order valence-corrected chi connectivity index (χ0v) is 24.7. The van der Waals surface area contributed by atoms with Crippen LogP contribution < -0.4 is 14.8 Å². The van der Waals surface area contributed by atoms with Crippen LogP contribution in [0.4, 0.5) is 15.9 Å². The molecule has 11 heteroatoms. The lowest BCUT2D eigenvalue weighted by Crippen LogP contribution is -2.39. The fourth-order valence-corrected chi connectivity index (χ4v) is 4.56. The Labute approximate surface area is 245 Å². The normalized spacial score (nSPS) is 14.5. The number of fused-ring (bicyclic) bond motifs is 1. The second kappa shape index (κ2) is 13.6. The summed E-state index contributed by atoms with van der Waals surface area (Å²) in [5, 5.41) is 13.8. The van der Waals surface area contributed by atoms with Gasteiger partial charge in [0.2, 0.25) is 0 Å². The average molecular weight is 589 g/mol. The summed E-state index contributed by atoms with van der Waals surface area (Å²) >= 11 is 5.96. The highest BCUT2D eigenvalue weighted by molar-refractivity contribution is 6.31. The molecule has 2 aromatic carbocycles. The SMILES string of the molecule is C[C@@H](O)CN(CCCOc1cc2c(Nc3ccc(F)c(Cl)c3)ncnc2cc1OC1CCC1)CC(=O)OC(C)(C)C. The second-order valence-electron chi connectivity index (χ2n) is 11.3. The van der Waals surface area contributed by atoms with Gasteiger partial charge in [-0.3, -0.25) is 9.69 Å². The van der Waals surface area contributed by atoms with Crippen molar-refractivity contribution in [3.8, 4) is 11.5 Å². The molecule has 0 radical (unpaired) electrons. The van der Waals surface area contributed by atoms with Crippen LogP contribution in [0.3, 0.4) is 0 Å². The molecule has 1 heterocycles. The van der Waals surface area contributed by atoms with Crippen LogP contribution in [0, 0.1) is 5.82 Å². The number of aliphatic hydroxyl groups excluding tert-OH is 1. The molecule has 0 aliphatic heterocycles. The number of carbonyl (C=O) groups excluding carboxylic acids is 1. The number of halogens is 2. The molecular formula is C30H38ClFN4O5. The van der Waals surface area contributed by atoms with Gasteiger partial charge in [-0.25, -0.2) is 14.4 Å². The van der Waals surface area contributed by atoms with Crippen molar-refractivity contribution in [2.75, 3.05) is 31.6 Å². The van der Waals surface area contributed by atoms with Crippen LogP contribution in [-0.4, -0.2) is 70.0 Å². The summed E-state index contributed by atoms with van der Waals surface area (Å²) in [5.41, 5.74) is 0.666. The fraction of sp³-hybridized carbons (Fsp3) is 0.500. The van der Waals surface area contributed by atoms with Gasteiger partial charge in [0.1, 0.15) is 23.6 Å². The summed E-state index contributed by atoms with van der Waals surface area (Å²) in [5.74, 6) is 0.821. The van der Waals surface area contributed by atoms with Crippen molar-refractivity contribution in [3.05, 3.63) is 47.5 Å². The van der Waals surface area contributed by atoms with Gasteiger partial charge in [-0.05, 0) is 77.6 Å². The van der Waals surface area contributed by atoms with Crippen molar-refractivity contribution >= 4 is 40.0 Å². The van der Waals surface area contributed by atoms with Gasteiger partial charge < -0.3 is 24.6 Å². The maximum absolute atomic E-state index is 13.7. The highest BCUT2D eigenvalue weighted by Crippen LogP contribution is 2.38. The lowest BCUT2D eigenvalue weighted by molar-refractivity contribution is -0.156. The molecule has 1 saturated carbocycles. The first-order valence-electron chi connectivity index (χ1n) is 13.9. The summed E-state index contributed by atoms with van der Waals surface area (Å²) < 4.78 is 31.6. The van der Waals surface area contributed by atoms with Gasteiger partial charge in [-0.1, -0.05) is 11.6 Å². The number of nitrogens with zero attached hydrogens (tertiary/aromatic N) is 3. The molecular weight excluding hydrogens is 551 g/mol. The topological polar surface area (TPSA) is 106 Å². The van der Waals surface area contributed by atoms with E-state index in [-0.39, 0.29) is 23.6 Å². The number of esters is 1. The number of hydrogen-bond acceptors (Lipinski definition) is 9. The largest absolute Gasteiger partial charge is 0.490 e. The van der Waals surface area contributed by atoms with Crippen LogP contribution in [0.1, 0.15) is 53.4 Å². The molecule has 0 amide bonds. The number of hydrogen-bond donors (Lipinski definition) is 2. The molecule has 1 aromatic heterocycles. The number of rotatable bonds is 13. The second-order valence-corrected chi connectivity index (χ2v) is 11.7. The van der Waals surface area contributed by atoms with E-state index in [0.29, 0.717) is 60.0 Å². The number of carbonyl (C=O) groups is 1. The number of ether oxygens (including phenoxy) is 3. The zero-order chi connectivity index (χ0) is 29.6. The summed E-state index contributed by atoms with van der Waals surface area (Å²) in [6.07, 6.45) is 4.68. The van der Waals surface area contributed by atoms with Crippen molar-refractivity contribution < 1.29 is 28.5 Å². The van der Waals surface area contributed by atoms with E-state index in [9.17, 15) is 14.3 Å². The summed E-state index contributed by atoms with van der Waals surface area (Å²) in [6.45, 7) is 8.45. The van der Waals surface area contributed by atoms with E-state index < -0.39 is 17.5 Å². The minimum atomic E-state index is -0.594. The Morgan fingerprint density at radius 1 is 1.22 bits per heavy atom. The van der Waals surface area contributed by atoms with Crippen LogP contribution in [0.2, 0.25) is 5.02 Å². The summed E-state index contributed by atoms with van der Waals surface area (Å²) in [7, 11) is 0. The molecule has 1 fully saturated rings. The maximum Gasteiger partial charge on any atom is 0.320 e. The van der Waals surface area contributed by atoms with E-state index in [1.165, 1.54) is 18.5 Å². The summed E-state index contributed by atoms with van der Waals surface area (Å²) in [6, 6.07) is 8.04. The van der Waals surface area contributed by atoms with Gasteiger partial charge in [-0.15, -0.1) is 0 Å². The Morgan fingerprint density at radius 3 is 2.66 bits per heavy atom. The molecule has 0 unspecified atom stereocenters. The minimum Gasteiger partial charge on any atom is -0.490 e.